The van der Waals surface area contributed by atoms with Crippen LogP contribution in [-0.4, -0.2) is 11.2 Å². The van der Waals surface area contributed by atoms with Gasteiger partial charge in [0, 0.05) is 0 Å². The van der Waals surface area contributed by atoms with Crippen LogP contribution in [0.3, 0.4) is 0 Å². The Morgan fingerprint density at radius 2 is 2.60 bits per heavy atom. The van der Waals surface area contributed by atoms with Crippen LogP contribution in [0.5, 0.6) is 0 Å². The maximum Gasteiger partial charge on any atom is 0.0809 e. The van der Waals surface area contributed by atoms with Gasteiger partial charge in [-0.25, -0.2) is 4.99 Å². The fraction of sp³-hybridized carbons (Fsp3) is 0.625. The first-order valence-corrected chi connectivity index (χ1v) is 3.99. The van der Waals surface area contributed by atoms with Crippen LogP contribution in [0.25, 0.3) is 0 Å². The Kier molecular flexibility index (Phi) is 2.79. The fourth-order valence-electron chi connectivity index (χ4n) is 1.23. The molecule has 0 aromatic carbocycles. The Bertz CT molecular complexity index is 189. The summed E-state index contributed by atoms with van der Waals surface area (Å²) in [5.74, 6) is 0. The summed E-state index contributed by atoms with van der Waals surface area (Å²) in [7, 11) is 0. The van der Waals surface area contributed by atoms with E-state index in [0.29, 0.717) is 6.04 Å². The molecule has 1 nitrogen and oxygen atoms in total. The maximum absolute atomic E-state index is 4.54. The van der Waals surface area contributed by atoms with E-state index in [-0.39, 0.29) is 0 Å². The van der Waals surface area contributed by atoms with Crippen molar-refractivity contribution >= 4 is 17.4 Å². The van der Waals surface area contributed by atoms with Crippen molar-refractivity contribution in [3.05, 3.63) is 11.6 Å². The number of hydrogen-bond acceptors (Lipinski definition) is 2. The number of aliphatic imine (C=N–C) groups is 1. The highest BCUT2D eigenvalue weighted by atomic mass is 32.1. The smallest absolute Gasteiger partial charge is 0.0809 e. The molecule has 2 heteroatoms. The van der Waals surface area contributed by atoms with Gasteiger partial charge in [-0.1, -0.05) is 11.6 Å². The fourth-order valence-corrected chi connectivity index (χ4v) is 1.36. The number of rotatable bonds is 1. The Balaban J connectivity index is 2.66. The minimum atomic E-state index is 0.339. The maximum atomic E-state index is 4.54. The third kappa shape index (κ3) is 1.76. The molecule has 0 radical (unpaired) electrons. The van der Waals surface area contributed by atoms with E-state index in [1.165, 1.54) is 18.4 Å². The number of thiocarbonyl (C=S) groups is 1. The van der Waals surface area contributed by atoms with Crippen molar-refractivity contribution in [2.75, 3.05) is 0 Å². The largest absolute Gasteiger partial charge is 0.225 e. The molecule has 0 spiro atoms. The van der Waals surface area contributed by atoms with Crippen molar-refractivity contribution in [2.24, 2.45) is 4.99 Å². The monoisotopic (exact) mass is 153 g/mol. The van der Waals surface area contributed by atoms with Crippen LogP contribution in [0, 0.1) is 0 Å². The Morgan fingerprint density at radius 1 is 1.80 bits per heavy atom. The van der Waals surface area contributed by atoms with Crippen molar-refractivity contribution in [3.8, 4) is 0 Å². The highest BCUT2D eigenvalue weighted by Gasteiger charge is 2.11. The van der Waals surface area contributed by atoms with Gasteiger partial charge in [-0.15, -0.1) is 0 Å². The van der Waals surface area contributed by atoms with E-state index in [2.05, 4.69) is 35.4 Å². The Labute approximate surface area is 66.9 Å². The normalized spacial score (nSPS) is 24.9. The predicted octanol–water partition coefficient (Wildman–Crippen LogP) is 2.59. The van der Waals surface area contributed by atoms with E-state index in [1.54, 1.807) is 0 Å². The summed E-state index contributed by atoms with van der Waals surface area (Å²) in [6.07, 6.45) is 5.83. The molecule has 0 unspecified atom stereocenters. The molecule has 0 aromatic heterocycles. The lowest BCUT2D eigenvalue weighted by Crippen LogP contribution is -2.09. The summed E-state index contributed by atoms with van der Waals surface area (Å²) in [6.45, 7) is 2.11. The lowest BCUT2D eigenvalue weighted by Gasteiger charge is -2.15. The molecular weight excluding hydrogens is 142 g/mol. The first-order chi connectivity index (χ1) is 4.84. The molecule has 0 aromatic rings. The van der Waals surface area contributed by atoms with Gasteiger partial charge < -0.3 is 0 Å². The van der Waals surface area contributed by atoms with E-state index in [1.807, 2.05) is 0 Å². The van der Waals surface area contributed by atoms with Crippen molar-refractivity contribution in [1.82, 2.24) is 0 Å². The molecule has 1 atom stereocenters. The number of hydrogen-bond donors (Lipinski definition) is 0. The number of isothiocyanates is 1. The number of nitrogens with zero attached hydrogens (tertiary/aromatic N) is 1. The second-order valence-corrected chi connectivity index (χ2v) is 2.80. The summed E-state index contributed by atoms with van der Waals surface area (Å²) in [6, 6.07) is 0.339. The van der Waals surface area contributed by atoms with E-state index >= 15 is 0 Å². The van der Waals surface area contributed by atoms with Crippen LogP contribution in [0.4, 0.5) is 0 Å². The van der Waals surface area contributed by atoms with Gasteiger partial charge in [0.2, 0.25) is 0 Å². The van der Waals surface area contributed by atoms with Gasteiger partial charge in [-0.05, 0) is 38.4 Å². The van der Waals surface area contributed by atoms with Gasteiger partial charge in [0.15, 0.2) is 0 Å². The molecule has 0 heterocycles. The molecule has 54 valence electrons. The second-order valence-electron chi connectivity index (χ2n) is 2.62. The summed E-state index contributed by atoms with van der Waals surface area (Å²) in [5, 5.41) is 2.44. The zero-order valence-corrected chi connectivity index (χ0v) is 6.95. The lowest BCUT2D eigenvalue weighted by atomic mass is 9.96. The van der Waals surface area contributed by atoms with Crippen molar-refractivity contribution < 1.29 is 0 Å². The average molecular weight is 153 g/mol. The first kappa shape index (κ1) is 7.64. The van der Waals surface area contributed by atoms with Crippen LogP contribution < -0.4 is 0 Å². The zero-order valence-electron chi connectivity index (χ0n) is 6.13. The SMILES string of the molecule is CC1=CCCC[C@H]1N=C=S. The van der Waals surface area contributed by atoms with Gasteiger partial charge in [-0.2, -0.15) is 0 Å². The quantitative estimate of drug-likeness (QED) is 0.320. The lowest BCUT2D eigenvalue weighted by molar-refractivity contribution is 0.619. The molecule has 0 bridgehead atoms. The van der Waals surface area contributed by atoms with E-state index < -0.39 is 0 Å². The Morgan fingerprint density at radius 3 is 3.20 bits per heavy atom. The molecule has 0 N–H and O–H groups in total. The highest BCUT2D eigenvalue weighted by molar-refractivity contribution is 7.78. The van der Waals surface area contributed by atoms with Gasteiger partial charge >= 0.3 is 0 Å². The molecule has 0 fully saturated rings. The molecule has 0 saturated heterocycles. The Hall–Kier alpha value is -0.460. The van der Waals surface area contributed by atoms with E-state index in [9.17, 15) is 0 Å². The van der Waals surface area contributed by atoms with Crippen LogP contribution in [0.2, 0.25) is 0 Å². The van der Waals surface area contributed by atoms with Crippen LogP contribution in [-0.2, 0) is 0 Å². The molecule has 1 aliphatic rings. The molecule has 1 rings (SSSR count). The summed E-state index contributed by atoms with van der Waals surface area (Å²) in [4.78, 5) is 4.06. The van der Waals surface area contributed by atoms with Crippen molar-refractivity contribution in [2.45, 2.75) is 32.2 Å². The molecular formula is C8H11NS. The summed E-state index contributed by atoms with van der Waals surface area (Å²) in [5.41, 5.74) is 1.35. The van der Waals surface area contributed by atoms with Crippen molar-refractivity contribution in [3.63, 3.8) is 0 Å². The van der Waals surface area contributed by atoms with Gasteiger partial charge in [0.05, 0.1) is 11.2 Å². The van der Waals surface area contributed by atoms with Gasteiger partial charge in [-0.3, -0.25) is 0 Å². The first-order valence-electron chi connectivity index (χ1n) is 3.58. The molecule has 0 amide bonds. The standard InChI is InChI=1S/C8H11NS/c1-7-4-2-3-5-8(7)9-6-10/h4,8H,2-3,5H2,1H3/t8-/m1/s1. The third-order valence-corrected chi connectivity index (χ3v) is 1.99. The van der Waals surface area contributed by atoms with Gasteiger partial charge in [0.25, 0.3) is 0 Å². The van der Waals surface area contributed by atoms with E-state index in [0.717, 1.165) is 6.42 Å². The molecule has 0 aliphatic heterocycles. The highest BCUT2D eigenvalue weighted by Crippen LogP contribution is 2.19. The van der Waals surface area contributed by atoms with Crippen LogP contribution >= 0.6 is 12.2 Å². The zero-order chi connectivity index (χ0) is 7.40. The number of allylic oxidation sites excluding steroid dienone is 1. The van der Waals surface area contributed by atoms with Crippen LogP contribution in [0.1, 0.15) is 26.2 Å². The average Bonchev–Trinajstić information content (AvgIpc) is 1.94. The molecule has 0 saturated carbocycles. The topological polar surface area (TPSA) is 12.4 Å². The minimum absolute atomic E-state index is 0.339. The third-order valence-electron chi connectivity index (χ3n) is 1.88. The predicted molar refractivity (Wildman–Crippen MR) is 46.4 cm³/mol. The van der Waals surface area contributed by atoms with E-state index in [4.69, 9.17) is 0 Å². The summed E-state index contributed by atoms with van der Waals surface area (Å²) < 4.78 is 0. The van der Waals surface area contributed by atoms with Crippen LogP contribution in [0.15, 0.2) is 16.6 Å². The van der Waals surface area contributed by atoms with Crippen molar-refractivity contribution in [1.29, 1.82) is 0 Å². The molecule has 1 aliphatic carbocycles. The van der Waals surface area contributed by atoms with Gasteiger partial charge in [0.1, 0.15) is 0 Å². The molecule has 10 heavy (non-hydrogen) atoms. The minimum Gasteiger partial charge on any atom is -0.225 e. The second kappa shape index (κ2) is 3.65. The summed E-state index contributed by atoms with van der Waals surface area (Å²) >= 11 is 4.54.